The normalized spacial score (nSPS) is 17.0. The van der Waals surface area contributed by atoms with Crippen molar-refractivity contribution < 1.29 is 26.8 Å². The van der Waals surface area contributed by atoms with Crippen molar-refractivity contribution in [1.82, 2.24) is 9.88 Å². The fourth-order valence-corrected chi connectivity index (χ4v) is 6.52. The molecular weight excluding hydrogens is 492 g/mol. The number of hydrogen-bond donors (Lipinski definition) is 1. The number of methoxy groups -OCH3 is 3. The van der Waals surface area contributed by atoms with Crippen LogP contribution >= 0.6 is 0 Å². The molecule has 3 heterocycles. The van der Waals surface area contributed by atoms with Crippen LogP contribution < -0.4 is 18.4 Å². The number of nitrogens with one attached hydrogen (secondary N) is 1. The molecule has 0 bridgehead atoms. The van der Waals surface area contributed by atoms with Crippen LogP contribution in [0.5, 0.6) is 23.0 Å². The molecule has 6 rings (SSSR count). The summed E-state index contributed by atoms with van der Waals surface area (Å²) in [4.78, 5) is 6.10. The fraction of sp³-hybridized carbons (Fsp3) is 0.286. The third-order valence-electron chi connectivity index (χ3n) is 7.38. The second kappa shape index (κ2) is 9.00. The fourth-order valence-electron chi connectivity index (χ4n) is 5.56. The lowest BCUT2D eigenvalue weighted by molar-refractivity contribution is 0.159. The first-order chi connectivity index (χ1) is 17.9. The predicted octanol–water partition coefficient (Wildman–Crippen LogP) is 4.62. The Hall–Kier alpha value is -3.69. The van der Waals surface area contributed by atoms with Gasteiger partial charge in [0.1, 0.15) is 4.90 Å². The van der Waals surface area contributed by atoms with Gasteiger partial charge in [0.25, 0.3) is 0 Å². The van der Waals surface area contributed by atoms with Crippen molar-refractivity contribution in [3.05, 3.63) is 77.0 Å². The maximum Gasteiger partial charge on any atom is 0.339 e. The van der Waals surface area contributed by atoms with Crippen molar-refractivity contribution in [1.29, 1.82) is 0 Å². The summed E-state index contributed by atoms with van der Waals surface area (Å²) in [7, 11) is 0.800. The van der Waals surface area contributed by atoms with Gasteiger partial charge < -0.3 is 23.4 Å². The quantitative estimate of drug-likeness (QED) is 0.371. The monoisotopic (exact) mass is 520 g/mol. The minimum Gasteiger partial charge on any atom is -0.493 e. The summed E-state index contributed by atoms with van der Waals surface area (Å²) in [6, 6.07) is 16.0. The molecule has 4 aromatic rings. The maximum atomic E-state index is 13.0. The molecule has 2 aliphatic rings. The largest absolute Gasteiger partial charge is 0.493 e. The summed E-state index contributed by atoms with van der Waals surface area (Å²) >= 11 is 0. The lowest BCUT2D eigenvalue weighted by atomic mass is 9.85. The Kier molecular flexibility index (Phi) is 5.77. The topological polar surface area (TPSA) is 90.1 Å². The van der Waals surface area contributed by atoms with Crippen molar-refractivity contribution in [3.8, 4) is 23.0 Å². The van der Waals surface area contributed by atoms with Crippen LogP contribution in [0.25, 0.3) is 10.9 Å². The first kappa shape index (κ1) is 23.7. The molecule has 192 valence electrons. The van der Waals surface area contributed by atoms with Gasteiger partial charge in [0.05, 0.1) is 21.3 Å². The molecule has 0 aliphatic carbocycles. The molecule has 9 heteroatoms. The third-order valence-corrected chi connectivity index (χ3v) is 8.63. The van der Waals surface area contributed by atoms with E-state index < -0.39 is 10.1 Å². The number of benzene rings is 3. The average Bonchev–Trinajstić information content (AvgIpc) is 3.26. The van der Waals surface area contributed by atoms with Crippen molar-refractivity contribution in [2.24, 2.45) is 0 Å². The molecule has 0 spiro atoms. The number of aromatic amines is 1. The number of H-pyrrole nitrogens is 1. The second-order valence-electron chi connectivity index (χ2n) is 9.33. The Balaban J connectivity index is 1.41. The van der Waals surface area contributed by atoms with E-state index in [9.17, 15) is 8.42 Å². The van der Waals surface area contributed by atoms with E-state index in [0.717, 1.165) is 59.6 Å². The third kappa shape index (κ3) is 3.98. The zero-order chi connectivity index (χ0) is 25.7. The zero-order valence-electron chi connectivity index (χ0n) is 20.9. The van der Waals surface area contributed by atoms with E-state index in [2.05, 4.69) is 22.0 Å². The molecule has 3 aromatic carbocycles. The summed E-state index contributed by atoms with van der Waals surface area (Å²) in [6.07, 6.45) is 1.71. The van der Waals surface area contributed by atoms with E-state index in [0.29, 0.717) is 5.75 Å². The van der Waals surface area contributed by atoms with Crippen LogP contribution in [0.2, 0.25) is 0 Å². The Morgan fingerprint density at radius 1 is 0.892 bits per heavy atom. The molecule has 0 saturated heterocycles. The van der Waals surface area contributed by atoms with Gasteiger partial charge in [0, 0.05) is 41.8 Å². The standard InChI is InChI=1S/C28H28N2O6S/c1-33-25-11-17-9-10-30-16-23-20(12-24(30)19(17)13-26(25)34-2)21-14-28(27(35-3)15-22(21)29-23)36-37(31,32)18-7-5-4-6-8-18/h4-8,11,13-15,24,29H,9-10,12,16H2,1-3H3. The number of ether oxygens (including phenoxy) is 3. The van der Waals surface area contributed by atoms with E-state index in [1.807, 2.05) is 6.07 Å². The van der Waals surface area contributed by atoms with Crippen LogP contribution in [0.15, 0.2) is 59.5 Å². The van der Waals surface area contributed by atoms with Crippen LogP contribution in [0.3, 0.4) is 0 Å². The molecule has 0 saturated carbocycles. The van der Waals surface area contributed by atoms with Gasteiger partial charge in [-0.1, -0.05) is 18.2 Å². The first-order valence-electron chi connectivity index (χ1n) is 12.1. The highest BCUT2D eigenvalue weighted by atomic mass is 32.2. The first-order valence-corrected chi connectivity index (χ1v) is 13.5. The summed E-state index contributed by atoms with van der Waals surface area (Å²) in [5.41, 5.74) is 5.67. The van der Waals surface area contributed by atoms with Gasteiger partial charge in [-0.3, -0.25) is 4.90 Å². The average molecular weight is 521 g/mol. The van der Waals surface area contributed by atoms with E-state index in [4.69, 9.17) is 18.4 Å². The van der Waals surface area contributed by atoms with Crippen LogP contribution in [-0.4, -0.2) is 46.2 Å². The molecule has 2 aliphatic heterocycles. The SMILES string of the molecule is COc1cc2c(cc1OC)C1Cc3c([nH]c4cc(OC)c(OS(=O)(=O)c5ccccc5)cc34)CN1CC2. The number of nitrogens with zero attached hydrogens (tertiary/aromatic N) is 1. The highest BCUT2D eigenvalue weighted by Crippen LogP contribution is 2.45. The maximum absolute atomic E-state index is 13.0. The summed E-state index contributed by atoms with van der Waals surface area (Å²) in [5.74, 6) is 1.98. The van der Waals surface area contributed by atoms with Gasteiger partial charge in [-0.05, 0) is 59.9 Å². The highest BCUT2D eigenvalue weighted by Gasteiger charge is 2.35. The summed E-state index contributed by atoms with van der Waals surface area (Å²) in [5, 5.41) is 0.932. The van der Waals surface area contributed by atoms with Crippen molar-refractivity contribution in [2.75, 3.05) is 27.9 Å². The molecule has 1 N–H and O–H groups in total. The highest BCUT2D eigenvalue weighted by molar-refractivity contribution is 7.87. The minimum atomic E-state index is -4.02. The molecule has 0 fully saturated rings. The molecule has 1 atom stereocenters. The van der Waals surface area contributed by atoms with Gasteiger partial charge >= 0.3 is 10.1 Å². The van der Waals surface area contributed by atoms with E-state index >= 15 is 0 Å². The molecule has 1 aromatic heterocycles. The van der Waals surface area contributed by atoms with Gasteiger partial charge in [0.15, 0.2) is 23.0 Å². The zero-order valence-corrected chi connectivity index (χ0v) is 21.7. The molecule has 0 radical (unpaired) electrons. The van der Waals surface area contributed by atoms with Gasteiger partial charge in [-0.25, -0.2) is 0 Å². The number of rotatable bonds is 6. The van der Waals surface area contributed by atoms with Crippen LogP contribution in [-0.2, 0) is 29.5 Å². The molecular formula is C28H28N2O6S. The molecule has 0 amide bonds. The number of fused-ring (bicyclic) bond motifs is 6. The number of hydrogen-bond acceptors (Lipinski definition) is 7. The van der Waals surface area contributed by atoms with Crippen molar-refractivity contribution in [3.63, 3.8) is 0 Å². The Morgan fingerprint density at radius 3 is 2.32 bits per heavy atom. The van der Waals surface area contributed by atoms with E-state index in [-0.39, 0.29) is 16.7 Å². The molecule has 37 heavy (non-hydrogen) atoms. The second-order valence-corrected chi connectivity index (χ2v) is 10.9. The lowest BCUT2D eigenvalue weighted by Crippen LogP contribution is -2.39. The van der Waals surface area contributed by atoms with E-state index in [1.54, 1.807) is 38.5 Å². The van der Waals surface area contributed by atoms with Gasteiger partial charge in [-0.2, -0.15) is 8.42 Å². The van der Waals surface area contributed by atoms with Crippen LogP contribution in [0, 0.1) is 0 Å². The lowest BCUT2D eigenvalue weighted by Gasteiger charge is -2.40. The predicted molar refractivity (Wildman–Crippen MR) is 139 cm³/mol. The smallest absolute Gasteiger partial charge is 0.339 e. The van der Waals surface area contributed by atoms with Crippen molar-refractivity contribution in [2.45, 2.75) is 30.3 Å². The van der Waals surface area contributed by atoms with Gasteiger partial charge in [0.2, 0.25) is 0 Å². The molecule has 8 nitrogen and oxygen atoms in total. The summed E-state index contributed by atoms with van der Waals surface area (Å²) < 4.78 is 48.1. The summed E-state index contributed by atoms with van der Waals surface area (Å²) in [6.45, 7) is 1.71. The van der Waals surface area contributed by atoms with E-state index in [1.165, 1.54) is 30.4 Å². The molecule has 1 unspecified atom stereocenters. The number of aromatic nitrogens is 1. The van der Waals surface area contributed by atoms with Crippen molar-refractivity contribution >= 4 is 21.0 Å². The Labute approximate surface area is 215 Å². The van der Waals surface area contributed by atoms with Crippen LogP contribution in [0.1, 0.15) is 28.4 Å². The van der Waals surface area contributed by atoms with Gasteiger partial charge in [-0.15, -0.1) is 0 Å². The Morgan fingerprint density at radius 2 is 1.59 bits per heavy atom. The Bertz CT molecular complexity index is 1600. The van der Waals surface area contributed by atoms with Crippen LogP contribution in [0.4, 0.5) is 0 Å². The minimum absolute atomic E-state index is 0.0899.